The van der Waals surface area contributed by atoms with Crippen molar-refractivity contribution in [1.82, 2.24) is 0 Å². The first-order valence-corrected chi connectivity index (χ1v) is 8.63. The molecule has 3 aromatic rings. The number of rotatable bonds is 7. The van der Waals surface area contributed by atoms with Gasteiger partial charge in [0.1, 0.15) is 23.9 Å². The van der Waals surface area contributed by atoms with E-state index in [0.717, 1.165) is 5.76 Å². The molecule has 1 aromatic heterocycles. The number of methoxy groups -OCH3 is 1. The molecule has 0 saturated heterocycles. The molecular weight excluding hydrogens is 358 g/mol. The summed E-state index contributed by atoms with van der Waals surface area (Å²) in [6.45, 7) is 2.14. The van der Waals surface area contributed by atoms with Crippen LogP contribution in [0.2, 0.25) is 0 Å². The highest BCUT2D eigenvalue weighted by Gasteiger charge is 2.11. The van der Waals surface area contributed by atoms with Gasteiger partial charge in [-0.1, -0.05) is 18.2 Å². The van der Waals surface area contributed by atoms with Gasteiger partial charge in [0.2, 0.25) is 5.91 Å². The normalized spacial score (nSPS) is 11.3. The number of hydrogen-bond donors (Lipinski definition) is 2. The lowest BCUT2D eigenvalue weighted by Crippen LogP contribution is -2.13. The van der Waals surface area contributed by atoms with E-state index in [1.807, 2.05) is 19.1 Å². The molecule has 0 aliphatic rings. The SMILES string of the molecule is COc1ccc(/C=C(/C(N)=O)c2cccc(OCc3ccc(C)o3)c2)cc1O. The predicted molar refractivity (Wildman–Crippen MR) is 106 cm³/mol. The number of aryl methyl sites for hydroxylation is 1. The van der Waals surface area contributed by atoms with Crippen LogP contribution in [0.5, 0.6) is 17.2 Å². The van der Waals surface area contributed by atoms with Crippen molar-refractivity contribution in [3.8, 4) is 17.2 Å². The lowest BCUT2D eigenvalue weighted by Gasteiger charge is -2.09. The lowest BCUT2D eigenvalue weighted by atomic mass is 10.0. The van der Waals surface area contributed by atoms with Gasteiger partial charge in [0.05, 0.1) is 7.11 Å². The number of hydrogen-bond acceptors (Lipinski definition) is 5. The molecule has 0 fully saturated rings. The summed E-state index contributed by atoms with van der Waals surface area (Å²) >= 11 is 0. The van der Waals surface area contributed by atoms with E-state index in [9.17, 15) is 9.90 Å². The molecule has 2 aromatic carbocycles. The van der Waals surface area contributed by atoms with Crippen LogP contribution in [-0.4, -0.2) is 18.1 Å². The third-order valence-corrected chi connectivity index (χ3v) is 4.10. The summed E-state index contributed by atoms with van der Waals surface area (Å²) in [5, 5.41) is 9.94. The minimum Gasteiger partial charge on any atom is -0.504 e. The van der Waals surface area contributed by atoms with Crippen LogP contribution in [0.1, 0.15) is 22.6 Å². The minimum absolute atomic E-state index is 0.0223. The highest BCUT2D eigenvalue weighted by Crippen LogP contribution is 2.29. The number of furan rings is 1. The molecule has 144 valence electrons. The van der Waals surface area contributed by atoms with Gasteiger partial charge < -0.3 is 24.7 Å². The molecule has 6 nitrogen and oxygen atoms in total. The van der Waals surface area contributed by atoms with Crippen LogP contribution in [0.3, 0.4) is 0 Å². The van der Waals surface area contributed by atoms with Crippen molar-refractivity contribution in [2.75, 3.05) is 7.11 Å². The van der Waals surface area contributed by atoms with Crippen molar-refractivity contribution in [1.29, 1.82) is 0 Å². The standard InChI is InChI=1S/C22H21NO5/c1-14-6-8-18(28-14)13-27-17-5-3-4-16(12-17)19(22(23)25)10-15-7-9-21(26-2)20(24)11-15/h3-12,24H,13H2,1-2H3,(H2,23,25)/b19-10+. The summed E-state index contributed by atoms with van der Waals surface area (Å²) in [4.78, 5) is 12.0. The molecule has 3 N–H and O–H groups in total. The molecule has 0 aliphatic carbocycles. The maximum atomic E-state index is 12.0. The molecule has 28 heavy (non-hydrogen) atoms. The number of aromatic hydroxyl groups is 1. The van der Waals surface area contributed by atoms with Crippen molar-refractivity contribution < 1.29 is 23.8 Å². The van der Waals surface area contributed by atoms with Crippen molar-refractivity contribution in [3.05, 3.63) is 77.2 Å². The first-order valence-electron chi connectivity index (χ1n) is 8.63. The van der Waals surface area contributed by atoms with E-state index in [-0.39, 0.29) is 12.4 Å². The predicted octanol–water partition coefficient (Wildman–Crippen LogP) is 3.91. The van der Waals surface area contributed by atoms with Crippen LogP contribution >= 0.6 is 0 Å². The summed E-state index contributed by atoms with van der Waals surface area (Å²) in [5.41, 5.74) is 7.10. The fourth-order valence-corrected chi connectivity index (χ4v) is 2.73. The van der Waals surface area contributed by atoms with Crippen molar-refractivity contribution in [2.45, 2.75) is 13.5 Å². The monoisotopic (exact) mass is 379 g/mol. The van der Waals surface area contributed by atoms with Gasteiger partial charge in [-0.05, 0) is 60.5 Å². The average molecular weight is 379 g/mol. The van der Waals surface area contributed by atoms with Crippen LogP contribution in [0, 0.1) is 6.92 Å². The number of carbonyl (C=O) groups excluding carboxylic acids is 1. The summed E-state index contributed by atoms with van der Waals surface area (Å²) in [5.74, 6) is 1.84. The number of nitrogens with two attached hydrogens (primary N) is 1. The van der Waals surface area contributed by atoms with Gasteiger partial charge in [-0.25, -0.2) is 0 Å². The molecule has 0 radical (unpaired) electrons. The Balaban J connectivity index is 1.85. The molecule has 1 amide bonds. The molecule has 1 heterocycles. The van der Waals surface area contributed by atoms with E-state index in [0.29, 0.717) is 34.0 Å². The van der Waals surface area contributed by atoms with E-state index < -0.39 is 5.91 Å². The zero-order chi connectivity index (χ0) is 20.1. The number of primary amides is 1. The zero-order valence-electron chi connectivity index (χ0n) is 15.6. The molecule has 0 unspecified atom stereocenters. The molecule has 0 aliphatic heterocycles. The fourth-order valence-electron chi connectivity index (χ4n) is 2.73. The Morgan fingerprint density at radius 3 is 2.64 bits per heavy atom. The Kier molecular flexibility index (Phi) is 5.69. The Hall–Kier alpha value is -3.67. The molecular formula is C22H21NO5. The Morgan fingerprint density at radius 1 is 1.18 bits per heavy atom. The number of carbonyl (C=O) groups is 1. The molecule has 0 saturated carbocycles. The van der Waals surface area contributed by atoms with Gasteiger partial charge in [-0.2, -0.15) is 0 Å². The van der Waals surface area contributed by atoms with Gasteiger partial charge in [0.25, 0.3) is 0 Å². The summed E-state index contributed by atoms with van der Waals surface area (Å²) < 4.78 is 16.3. The number of phenols is 1. The van der Waals surface area contributed by atoms with Gasteiger partial charge >= 0.3 is 0 Å². The van der Waals surface area contributed by atoms with E-state index >= 15 is 0 Å². The Labute approximate surface area is 162 Å². The second-order valence-electron chi connectivity index (χ2n) is 6.18. The summed E-state index contributed by atoms with van der Waals surface area (Å²) in [6.07, 6.45) is 1.61. The van der Waals surface area contributed by atoms with Gasteiger partial charge in [0.15, 0.2) is 11.5 Å². The highest BCUT2D eigenvalue weighted by atomic mass is 16.5. The molecule has 3 rings (SSSR count). The van der Waals surface area contributed by atoms with E-state index in [1.165, 1.54) is 13.2 Å². The van der Waals surface area contributed by atoms with Crippen LogP contribution in [-0.2, 0) is 11.4 Å². The molecule has 6 heteroatoms. The van der Waals surface area contributed by atoms with Gasteiger partial charge in [-0.15, -0.1) is 0 Å². The molecule has 0 atom stereocenters. The number of benzene rings is 2. The van der Waals surface area contributed by atoms with E-state index in [1.54, 1.807) is 42.5 Å². The van der Waals surface area contributed by atoms with E-state index in [4.69, 9.17) is 19.6 Å². The maximum absolute atomic E-state index is 12.0. The van der Waals surface area contributed by atoms with Crippen molar-refractivity contribution >= 4 is 17.6 Å². The van der Waals surface area contributed by atoms with Crippen LogP contribution in [0.4, 0.5) is 0 Å². The minimum atomic E-state index is -0.589. The van der Waals surface area contributed by atoms with Crippen molar-refractivity contribution in [3.63, 3.8) is 0 Å². The van der Waals surface area contributed by atoms with E-state index in [2.05, 4.69) is 0 Å². The second kappa shape index (κ2) is 8.35. The van der Waals surface area contributed by atoms with Gasteiger partial charge in [0, 0.05) is 5.57 Å². The van der Waals surface area contributed by atoms with Gasteiger partial charge in [-0.3, -0.25) is 4.79 Å². The summed E-state index contributed by atoms with van der Waals surface area (Å²) in [6, 6.07) is 15.6. The smallest absolute Gasteiger partial charge is 0.249 e. The first kappa shape index (κ1) is 19.1. The highest BCUT2D eigenvalue weighted by molar-refractivity contribution is 6.23. The lowest BCUT2D eigenvalue weighted by molar-refractivity contribution is -0.112. The zero-order valence-corrected chi connectivity index (χ0v) is 15.6. The van der Waals surface area contributed by atoms with Crippen molar-refractivity contribution in [2.24, 2.45) is 5.73 Å². The number of phenolic OH excluding ortho intramolecular Hbond substituents is 1. The molecule has 0 bridgehead atoms. The topological polar surface area (TPSA) is 94.9 Å². The second-order valence-corrected chi connectivity index (χ2v) is 6.18. The van der Waals surface area contributed by atoms with Crippen LogP contribution in [0.15, 0.2) is 59.0 Å². The third-order valence-electron chi connectivity index (χ3n) is 4.10. The van der Waals surface area contributed by atoms with Crippen LogP contribution < -0.4 is 15.2 Å². The first-order chi connectivity index (χ1) is 13.5. The molecule has 0 spiro atoms. The number of amides is 1. The quantitative estimate of drug-likeness (QED) is 0.479. The summed E-state index contributed by atoms with van der Waals surface area (Å²) in [7, 11) is 1.47. The third kappa shape index (κ3) is 4.54. The largest absolute Gasteiger partial charge is 0.504 e. The number of ether oxygens (including phenoxy) is 2. The fraction of sp³-hybridized carbons (Fsp3) is 0.136. The Morgan fingerprint density at radius 2 is 2.00 bits per heavy atom. The van der Waals surface area contributed by atoms with Crippen LogP contribution in [0.25, 0.3) is 11.6 Å². The average Bonchev–Trinajstić information content (AvgIpc) is 3.10. The Bertz CT molecular complexity index is 1020. The maximum Gasteiger partial charge on any atom is 0.249 e.